The average molecular weight is 297 g/mol. The van der Waals surface area contributed by atoms with Gasteiger partial charge in [0.25, 0.3) is 5.91 Å². The topological polar surface area (TPSA) is 32.8 Å². The third-order valence-electron chi connectivity index (χ3n) is 3.45. The number of carbonyl (C=O) groups excluding carboxylic acids is 1. The van der Waals surface area contributed by atoms with E-state index < -0.39 is 0 Å². The van der Waals surface area contributed by atoms with Gasteiger partial charge < -0.3 is 14.5 Å². The van der Waals surface area contributed by atoms with Crippen molar-refractivity contribution < 1.29 is 9.53 Å². The van der Waals surface area contributed by atoms with Gasteiger partial charge in [-0.2, -0.15) is 0 Å². The Bertz CT molecular complexity index is 414. The molecule has 1 aliphatic rings. The first-order valence-electron chi connectivity index (χ1n) is 7.03. The molecule has 20 heavy (non-hydrogen) atoms. The minimum Gasteiger partial charge on any atom is -0.484 e. The van der Waals surface area contributed by atoms with E-state index in [0.717, 1.165) is 44.9 Å². The van der Waals surface area contributed by atoms with Crippen LogP contribution < -0.4 is 4.74 Å². The molecule has 0 aromatic heterocycles. The number of nitrogens with zero attached hydrogens (tertiary/aromatic N) is 2. The number of hydrogen-bond donors (Lipinski definition) is 0. The number of hydrogen-bond acceptors (Lipinski definition) is 3. The monoisotopic (exact) mass is 296 g/mol. The molecule has 1 aliphatic heterocycles. The molecule has 0 radical (unpaired) electrons. The summed E-state index contributed by atoms with van der Waals surface area (Å²) < 4.78 is 5.51. The second-order valence-electron chi connectivity index (χ2n) is 4.87. The zero-order chi connectivity index (χ0) is 14.2. The van der Waals surface area contributed by atoms with Crippen molar-refractivity contribution in [3.05, 3.63) is 30.3 Å². The number of ether oxygens (including phenoxy) is 1. The summed E-state index contributed by atoms with van der Waals surface area (Å²) in [6.07, 6.45) is 0.994. The van der Waals surface area contributed by atoms with Gasteiger partial charge in [0, 0.05) is 32.1 Å². The maximum absolute atomic E-state index is 12.1. The normalized spacial score (nSPS) is 16.8. The smallest absolute Gasteiger partial charge is 0.260 e. The predicted molar refractivity (Wildman–Crippen MR) is 80.3 cm³/mol. The molecular formula is C15H21ClN2O2. The van der Waals surface area contributed by atoms with E-state index in [0.29, 0.717) is 5.88 Å². The molecule has 0 atom stereocenters. The zero-order valence-electron chi connectivity index (χ0n) is 11.6. The van der Waals surface area contributed by atoms with Crippen LogP contribution in [0.1, 0.15) is 6.42 Å². The maximum atomic E-state index is 12.1. The number of halogens is 1. The fourth-order valence-corrected chi connectivity index (χ4v) is 2.56. The summed E-state index contributed by atoms with van der Waals surface area (Å²) in [6, 6.07) is 9.44. The van der Waals surface area contributed by atoms with Crippen molar-refractivity contribution in [2.45, 2.75) is 6.42 Å². The van der Waals surface area contributed by atoms with Crippen LogP contribution in [-0.2, 0) is 4.79 Å². The van der Waals surface area contributed by atoms with Gasteiger partial charge in [0.2, 0.25) is 0 Å². The van der Waals surface area contributed by atoms with Crippen molar-refractivity contribution >= 4 is 17.5 Å². The lowest BCUT2D eigenvalue weighted by Gasteiger charge is -2.21. The van der Waals surface area contributed by atoms with Crippen molar-refractivity contribution in [3.8, 4) is 5.75 Å². The molecule has 2 rings (SSSR count). The maximum Gasteiger partial charge on any atom is 0.260 e. The largest absolute Gasteiger partial charge is 0.484 e. The van der Waals surface area contributed by atoms with Gasteiger partial charge in [0.1, 0.15) is 5.75 Å². The Labute approximate surface area is 125 Å². The predicted octanol–water partition coefficient (Wildman–Crippen LogP) is 1.84. The molecule has 110 valence electrons. The highest BCUT2D eigenvalue weighted by molar-refractivity contribution is 6.18. The highest BCUT2D eigenvalue weighted by atomic mass is 35.5. The lowest BCUT2D eigenvalue weighted by molar-refractivity contribution is -0.133. The second kappa shape index (κ2) is 8.12. The Kier molecular flexibility index (Phi) is 6.15. The van der Waals surface area contributed by atoms with Crippen molar-refractivity contribution in [1.82, 2.24) is 9.80 Å². The first kappa shape index (κ1) is 15.1. The van der Waals surface area contributed by atoms with Crippen LogP contribution in [0.5, 0.6) is 5.75 Å². The van der Waals surface area contributed by atoms with E-state index in [1.54, 1.807) is 0 Å². The summed E-state index contributed by atoms with van der Waals surface area (Å²) in [4.78, 5) is 16.3. The zero-order valence-corrected chi connectivity index (χ0v) is 12.4. The Hall–Kier alpha value is -1.26. The van der Waals surface area contributed by atoms with E-state index in [4.69, 9.17) is 16.3 Å². The molecule has 1 fully saturated rings. The summed E-state index contributed by atoms with van der Waals surface area (Å²) in [5.41, 5.74) is 0. The van der Waals surface area contributed by atoms with Crippen molar-refractivity contribution in [3.63, 3.8) is 0 Å². The van der Waals surface area contributed by atoms with Crippen molar-refractivity contribution in [2.75, 3.05) is 45.2 Å². The van der Waals surface area contributed by atoms with Crippen LogP contribution >= 0.6 is 11.6 Å². The summed E-state index contributed by atoms with van der Waals surface area (Å²) in [6.45, 7) is 4.47. The van der Waals surface area contributed by atoms with Gasteiger partial charge >= 0.3 is 0 Å². The van der Waals surface area contributed by atoms with Crippen LogP contribution in [-0.4, -0.2) is 60.9 Å². The number of benzene rings is 1. The fourth-order valence-electron chi connectivity index (χ4n) is 2.32. The SMILES string of the molecule is O=C(COc1ccccc1)N1CCCN(CCCl)CC1. The summed E-state index contributed by atoms with van der Waals surface area (Å²) in [5, 5.41) is 0. The van der Waals surface area contributed by atoms with Gasteiger partial charge in [-0.05, 0) is 25.1 Å². The van der Waals surface area contributed by atoms with Gasteiger partial charge in [-0.15, -0.1) is 11.6 Å². The van der Waals surface area contributed by atoms with Gasteiger partial charge in [0.15, 0.2) is 6.61 Å². The first-order chi connectivity index (χ1) is 9.79. The highest BCUT2D eigenvalue weighted by Gasteiger charge is 2.19. The number of alkyl halides is 1. The van der Waals surface area contributed by atoms with E-state index in [2.05, 4.69) is 4.90 Å². The quantitative estimate of drug-likeness (QED) is 0.777. The molecule has 0 bridgehead atoms. The molecule has 1 aromatic rings. The Morgan fingerprint density at radius 3 is 2.70 bits per heavy atom. The van der Waals surface area contributed by atoms with E-state index in [1.807, 2.05) is 35.2 Å². The third-order valence-corrected chi connectivity index (χ3v) is 3.62. The van der Waals surface area contributed by atoms with E-state index in [-0.39, 0.29) is 12.5 Å². The molecule has 1 aromatic carbocycles. The Morgan fingerprint density at radius 2 is 1.95 bits per heavy atom. The Balaban J connectivity index is 1.77. The minimum absolute atomic E-state index is 0.0570. The van der Waals surface area contributed by atoms with Crippen LogP contribution in [0.4, 0.5) is 0 Å². The molecule has 0 spiro atoms. The van der Waals surface area contributed by atoms with Gasteiger partial charge in [0.05, 0.1) is 0 Å². The van der Waals surface area contributed by atoms with Crippen molar-refractivity contribution in [1.29, 1.82) is 0 Å². The average Bonchev–Trinajstić information content (AvgIpc) is 2.72. The Morgan fingerprint density at radius 1 is 1.15 bits per heavy atom. The first-order valence-corrected chi connectivity index (χ1v) is 7.57. The van der Waals surface area contributed by atoms with E-state index in [1.165, 1.54) is 0 Å². The molecule has 0 aliphatic carbocycles. The van der Waals surface area contributed by atoms with Crippen molar-refractivity contribution in [2.24, 2.45) is 0 Å². The number of rotatable bonds is 5. The van der Waals surface area contributed by atoms with Crippen LogP contribution in [0.25, 0.3) is 0 Å². The lowest BCUT2D eigenvalue weighted by atomic mass is 10.3. The van der Waals surface area contributed by atoms with Gasteiger partial charge in [-0.3, -0.25) is 4.79 Å². The fraction of sp³-hybridized carbons (Fsp3) is 0.533. The molecule has 0 unspecified atom stereocenters. The van der Waals surface area contributed by atoms with Crippen LogP contribution in [0, 0.1) is 0 Å². The number of amides is 1. The number of para-hydroxylation sites is 1. The minimum atomic E-state index is 0.0570. The molecule has 1 saturated heterocycles. The molecule has 0 saturated carbocycles. The van der Waals surface area contributed by atoms with Crippen LogP contribution in [0.15, 0.2) is 30.3 Å². The number of carbonyl (C=O) groups is 1. The highest BCUT2D eigenvalue weighted by Crippen LogP contribution is 2.09. The molecule has 5 heteroatoms. The van der Waals surface area contributed by atoms with E-state index in [9.17, 15) is 4.79 Å². The summed E-state index contributed by atoms with van der Waals surface area (Å²) >= 11 is 5.76. The molecule has 0 N–H and O–H groups in total. The molecular weight excluding hydrogens is 276 g/mol. The van der Waals surface area contributed by atoms with Crippen LogP contribution in [0.2, 0.25) is 0 Å². The lowest BCUT2D eigenvalue weighted by Crippen LogP contribution is -2.38. The third kappa shape index (κ3) is 4.69. The van der Waals surface area contributed by atoms with E-state index >= 15 is 0 Å². The van der Waals surface area contributed by atoms with Crippen LogP contribution in [0.3, 0.4) is 0 Å². The molecule has 4 nitrogen and oxygen atoms in total. The summed E-state index contributed by atoms with van der Waals surface area (Å²) in [5.74, 6) is 1.44. The molecule has 1 heterocycles. The van der Waals surface area contributed by atoms with Gasteiger partial charge in [-0.25, -0.2) is 0 Å². The molecule has 1 amide bonds. The standard InChI is InChI=1S/C15H21ClN2O2/c16-7-10-17-8-4-9-18(12-11-17)15(19)13-20-14-5-2-1-3-6-14/h1-3,5-6H,4,7-13H2. The summed E-state index contributed by atoms with van der Waals surface area (Å²) in [7, 11) is 0. The second-order valence-corrected chi connectivity index (χ2v) is 5.24. The van der Waals surface area contributed by atoms with Gasteiger partial charge in [-0.1, -0.05) is 18.2 Å².